The predicted octanol–water partition coefficient (Wildman–Crippen LogP) is 3.82. The molecule has 0 N–H and O–H groups in total. The lowest BCUT2D eigenvalue weighted by atomic mass is 10.1. The van der Waals surface area contributed by atoms with Crippen molar-refractivity contribution in [1.82, 2.24) is 14.5 Å². The number of amides is 1. The number of furan rings is 1. The number of carbonyl (C=O) groups is 1. The predicted molar refractivity (Wildman–Crippen MR) is 101 cm³/mol. The largest absolute Gasteiger partial charge is 0.497 e. The van der Waals surface area contributed by atoms with E-state index in [4.69, 9.17) is 9.15 Å². The van der Waals surface area contributed by atoms with Gasteiger partial charge in [-0.15, -0.1) is 0 Å². The van der Waals surface area contributed by atoms with Gasteiger partial charge in [0.2, 0.25) is 0 Å². The topological polar surface area (TPSA) is 60.5 Å². The molecule has 0 saturated carbocycles. The Morgan fingerprint density at radius 2 is 2.11 bits per heavy atom. The second-order valence-electron chi connectivity index (χ2n) is 6.86. The Balaban J connectivity index is 1.61. The van der Waals surface area contributed by atoms with Gasteiger partial charge in [-0.25, -0.2) is 4.98 Å². The van der Waals surface area contributed by atoms with Crippen LogP contribution in [0, 0.1) is 6.92 Å². The van der Waals surface area contributed by atoms with Crippen LogP contribution in [0.15, 0.2) is 53.5 Å². The molecule has 1 amide bonds. The van der Waals surface area contributed by atoms with E-state index in [9.17, 15) is 4.79 Å². The summed E-state index contributed by atoms with van der Waals surface area (Å²) in [5.41, 5.74) is 2.85. The molecule has 1 saturated heterocycles. The quantitative estimate of drug-likeness (QED) is 0.690. The molecule has 1 aliphatic heterocycles. The maximum absolute atomic E-state index is 12.9. The minimum Gasteiger partial charge on any atom is -0.497 e. The highest BCUT2D eigenvalue weighted by molar-refractivity contribution is 5.94. The van der Waals surface area contributed by atoms with E-state index in [1.54, 1.807) is 13.2 Å². The molecule has 0 spiro atoms. The van der Waals surface area contributed by atoms with Crippen molar-refractivity contribution in [2.24, 2.45) is 0 Å². The van der Waals surface area contributed by atoms with Gasteiger partial charge in [-0.05, 0) is 43.5 Å². The first-order valence-corrected chi connectivity index (χ1v) is 9.15. The third-order valence-electron chi connectivity index (χ3n) is 5.17. The fourth-order valence-corrected chi connectivity index (χ4v) is 3.69. The van der Waals surface area contributed by atoms with Gasteiger partial charge in [-0.3, -0.25) is 4.79 Å². The van der Waals surface area contributed by atoms with E-state index in [0.717, 1.165) is 43.2 Å². The maximum Gasteiger partial charge on any atom is 0.257 e. The smallest absolute Gasteiger partial charge is 0.257 e. The molecule has 1 unspecified atom stereocenters. The van der Waals surface area contributed by atoms with E-state index < -0.39 is 0 Å². The van der Waals surface area contributed by atoms with Crippen LogP contribution in [0.25, 0.3) is 0 Å². The Kier molecular flexibility index (Phi) is 4.71. The summed E-state index contributed by atoms with van der Waals surface area (Å²) in [6.07, 6.45) is 6.82. The number of methoxy groups -OCH3 is 1. The summed E-state index contributed by atoms with van der Waals surface area (Å²) in [5, 5.41) is 0. The molecular weight excluding hydrogens is 342 g/mol. The molecule has 1 atom stereocenters. The number of hydrogen-bond donors (Lipinski definition) is 0. The van der Waals surface area contributed by atoms with Crippen LogP contribution >= 0.6 is 0 Å². The van der Waals surface area contributed by atoms with Gasteiger partial charge in [0, 0.05) is 25.0 Å². The van der Waals surface area contributed by atoms with Crippen molar-refractivity contribution in [3.8, 4) is 5.75 Å². The van der Waals surface area contributed by atoms with Gasteiger partial charge in [0.05, 0.1) is 25.0 Å². The summed E-state index contributed by atoms with van der Waals surface area (Å²) in [6, 6.07) is 9.75. The highest BCUT2D eigenvalue weighted by Gasteiger charge is 2.34. The highest BCUT2D eigenvalue weighted by atomic mass is 16.5. The van der Waals surface area contributed by atoms with Crippen molar-refractivity contribution in [2.45, 2.75) is 32.4 Å². The van der Waals surface area contributed by atoms with Gasteiger partial charge in [0.1, 0.15) is 17.8 Å². The Labute approximate surface area is 158 Å². The molecule has 0 bridgehead atoms. The zero-order chi connectivity index (χ0) is 18.8. The number of benzene rings is 1. The van der Waals surface area contributed by atoms with E-state index in [2.05, 4.69) is 28.6 Å². The van der Waals surface area contributed by atoms with E-state index in [1.165, 1.54) is 18.1 Å². The second kappa shape index (κ2) is 7.31. The van der Waals surface area contributed by atoms with Crippen LogP contribution in [0.1, 0.15) is 46.3 Å². The SMILES string of the molecule is COc1ccc(Cn2c(C)cnc2C2CCCN2C(=O)c2ccoc2)cc1. The standard InChI is InChI=1S/C21H23N3O3/c1-15-12-22-20(24(15)13-16-5-7-18(26-2)8-6-16)19-4-3-10-23(19)21(25)17-9-11-27-14-17/h5-9,11-12,14,19H,3-4,10,13H2,1-2H3. The van der Waals surface area contributed by atoms with Crippen LogP contribution in [0.5, 0.6) is 5.75 Å². The lowest BCUT2D eigenvalue weighted by Crippen LogP contribution is -2.32. The van der Waals surface area contributed by atoms with Crippen LogP contribution in [-0.2, 0) is 6.54 Å². The van der Waals surface area contributed by atoms with E-state index in [0.29, 0.717) is 5.56 Å². The van der Waals surface area contributed by atoms with Crippen LogP contribution in [-0.4, -0.2) is 34.0 Å². The van der Waals surface area contributed by atoms with Crippen LogP contribution in [0.2, 0.25) is 0 Å². The molecule has 0 radical (unpaired) electrons. The fraction of sp³-hybridized carbons (Fsp3) is 0.333. The average Bonchev–Trinajstić information content (AvgIpc) is 3.44. The number of carbonyl (C=O) groups excluding carboxylic acids is 1. The summed E-state index contributed by atoms with van der Waals surface area (Å²) in [5.74, 6) is 1.79. The molecule has 1 aromatic carbocycles. The minimum atomic E-state index is -0.0145. The molecule has 0 aliphatic carbocycles. The van der Waals surface area contributed by atoms with Gasteiger partial charge in [-0.1, -0.05) is 12.1 Å². The number of ether oxygens (including phenoxy) is 1. The molecular formula is C21H23N3O3. The second-order valence-corrected chi connectivity index (χ2v) is 6.86. The summed E-state index contributed by atoms with van der Waals surface area (Å²) in [6.45, 7) is 3.51. The highest BCUT2D eigenvalue weighted by Crippen LogP contribution is 2.33. The van der Waals surface area contributed by atoms with Gasteiger partial charge in [0.15, 0.2) is 0 Å². The van der Waals surface area contributed by atoms with Gasteiger partial charge >= 0.3 is 0 Å². The summed E-state index contributed by atoms with van der Waals surface area (Å²) in [7, 11) is 1.67. The molecule has 2 aromatic heterocycles. The molecule has 1 aliphatic rings. The van der Waals surface area contributed by atoms with Crippen LogP contribution in [0.3, 0.4) is 0 Å². The normalized spacial score (nSPS) is 16.7. The van der Waals surface area contributed by atoms with Crippen molar-refractivity contribution in [1.29, 1.82) is 0 Å². The third kappa shape index (κ3) is 3.35. The number of likely N-dealkylation sites (tertiary alicyclic amines) is 1. The molecule has 6 nitrogen and oxygen atoms in total. The van der Waals surface area contributed by atoms with Crippen molar-refractivity contribution < 1.29 is 13.9 Å². The summed E-state index contributed by atoms with van der Waals surface area (Å²) in [4.78, 5) is 19.4. The fourth-order valence-electron chi connectivity index (χ4n) is 3.69. The Bertz CT molecular complexity index is 913. The van der Waals surface area contributed by atoms with E-state index >= 15 is 0 Å². The minimum absolute atomic E-state index is 0.00269. The van der Waals surface area contributed by atoms with Crippen LogP contribution in [0.4, 0.5) is 0 Å². The summed E-state index contributed by atoms with van der Waals surface area (Å²) < 4.78 is 12.5. The van der Waals surface area contributed by atoms with Crippen molar-refractivity contribution >= 4 is 5.91 Å². The van der Waals surface area contributed by atoms with Crippen molar-refractivity contribution in [2.75, 3.05) is 13.7 Å². The van der Waals surface area contributed by atoms with Crippen molar-refractivity contribution in [3.63, 3.8) is 0 Å². The molecule has 6 heteroatoms. The van der Waals surface area contributed by atoms with E-state index in [-0.39, 0.29) is 11.9 Å². The van der Waals surface area contributed by atoms with Gasteiger partial charge in [0.25, 0.3) is 5.91 Å². The van der Waals surface area contributed by atoms with E-state index in [1.807, 2.05) is 23.2 Å². The van der Waals surface area contributed by atoms with Gasteiger partial charge in [-0.2, -0.15) is 0 Å². The number of aromatic nitrogens is 2. The average molecular weight is 365 g/mol. The first kappa shape index (κ1) is 17.4. The lowest BCUT2D eigenvalue weighted by Gasteiger charge is -2.25. The third-order valence-corrected chi connectivity index (χ3v) is 5.17. The monoisotopic (exact) mass is 365 g/mol. The Morgan fingerprint density at radius 3 is 2.81 bits per heavy atom. The van der Waals surface area contributed by atoms with Crippen LogP contribution < -0.4 is 4.74 Å². The molecule has 3 aromatic rings. The molecule has 4 rings (SSSR count). The molecule has 140 valence electrons. The van der Waals surface area contributed by atoms with Crippen molar-refractivity contribution in [3.05, 3.63) is 71.7 Å². The Morgan fingerprint density at radius 1 is 1.30 bits per heavy atom. The summed E-state index contributed by atoms with van der Waals surface area (Å²) >= 11 is 0. The lowest BCUT2D eigenvalue weighted by molar-refractivity contribution is 0.0727. The zero-order valence-corrected chi connectivity index (χ0v) is 15.6. The molecule has 1 fully saturated rings. The first-order valence-electron chi connectivity index (χ1n) is 9.15. The Hall–Kier alpha value is -3.02. The molecule has 27 heavy (non-hydrogen) atoms. The van der Waals surface area contributed by atoms with Gasteiger partial charge < -0.3 is 18.6 Å². The maximum atomic E-state index is 12.9. The first-order chi connectivity index (χ1) is 13.2. The number of hydrogen-bond acceptors (Lipinski definition) is 4. The molecule has 3 heterocycles. The number of aryl methyl sites for hydroxylation is 1. The number of rotatable bonds is 5. The zero-order valence-electron chi connectivity index (χ0n) is 15.6. The number of imidazole rings is 1. The number of nitrogens with zero attached hydrogens (tertiary/aromatic N) is 3.